The lowest BCUT2D eigenvalue weighted by atomic mass is 10.2. The summed E-state index contributed by atoms with van der Waals surface area (Å²) in [6.07, 6.45) is 1.65. The van der Waals surface area contributed by atoms with Gasteiger partial charge in [0.15, 0.2) is 11.2 Å². The zero-order valence-corrected chi connectivity index (χ0v) is 19.2. The number of primary amides is 1. The van der Waals surface area contributed by atoms with Crippen LogP contribution in [0, 0.1) is 0 Å². The number of nitrogens with two attached hydrogens (primary N) is 1. The molecule has 3 rings (SSSR count). The fraction of sp³-hybridized carbons (Fsp3) is 0.318. The molecule has 0 saturated carbocycles. The van der Waals surface area contributed by atoms with E-state index in [1.807, 2.05) is 13.8 Å². The van der Waals surface area contributed by atoms with Gasteiger partial charge in [-0.3, -0.25) is 24.2 Å². The van der Waals surface area contributed by atoms with Gasteiger partial charge in [-0.15, -0.1) is 0 Å². The van der Waals surface area contributed by atoms with Gasteiger partial charge in [0.1, 0.15) is 0 Å². The van der Waals surface area contributed by atoms with E-state index in [2.05, 4.69) is 30.6 Å². The van der Waals surface area contributed by atoms with Crippen LogP contribution in [-0.2, 0) is 16.1 Å². The van der Waals surface area contributed by atoms with Gasteiger partial charge in [-0.05, 0) is 44.5 Å². The quantitative estimate of drug-likeness (QED) is 0.242. The van der Waals surface area contributed by atoms with Crippen molar-refractivity contribution < 1.29 is 24.6 Å². The molecule has 13 heteroatoms. The summed E-state index contributed by atoms with van der Waals surface area (Å²) < 4.78 is 0. The normalized spacial score (nSPS) is 10.4. The van der Waals surface area contributed by atoms with E-state index in [4.69, 9.17) is 15.9 Å². The molecule has 3 aromatic rings. The lowest BCUT2D eigenvalue weighted by Crippen LogP contribution is -2.19. The number of carboxylic acids is 2. The molecule has 1 amide bonds. The number of rotatable bonds is 10. The maximum Gasteiger partial charge on any atom is 0.303 e. The Morgan fingerprint density at radius 1 is 1.06 bits per heavy atom. The van der Waals surface area contributed by atoms with E-state index in [0.717, 1.165) is 5.69 Å². The van der Waals surface area contributed by atoms with Crippen LogP contribution in [0.25, 0.3) is 11.2 Å². The highest BCUT2D eigenvalue weighted by Gasteiger charge is 2.09. The third-order valence-corrected chi connectivity index (χ3v) is 4.32. The molecule has 0 radical (unpaired) electrons. The number of hydrogen-bond acceptors (Lipinski definition) is 9. The molecule has 0 bridgehead atoms. The van der Waals surface area contributed by atoms with Crippen molar-refractivity contribution in [1.29, 1.82) is 0 Å². The molecule has 0 aliphatic rings. The van der Waals surface area contributed by atoms with E-state index >= 15 is 0 Å². The molecule has 13 nitrogen and oxygen atoms in total. The average molecular weight is 486 g/mol. The minimum absolute atomic E-state index is 0.0632. The molecule has 0 aliphatic heterocycles. The summed E-state index contributed by atoms with van der Waals surface area (Å²) in [7, 11) is 0. The Morgan fingerprint density at radius 2 is 1.69 bits per heavy atom. The molecule has 0 unspecified atom stereocenters. The lowest BCUT2D eigenvalue weighted by Gasteiger charge is -2.09. The lowest BCUT2D eigenvalue weighted by molar-refractivity contribution is -0.138. The van der Waals surface area contributed by atoms with E-state index in [1.54, 1.807) is 30.5 Å². The first kappa shape index (κ1) is 26.7. The minimum Gasteiger partial charge on any atom is -0.481 e. The second-order valence-corrected chi connectivity index (χ2v) is 7.68. The average Bonchev–Trinajstić information content (AvgIpc) is 2.77. The third-order valence-electron chi connectivity index (χ3n) is 4.32. The van der Waals surface area contributed by atoms with Gasteiger partial charge in [-0.25, -0.2) is 9.97 Å². The van der Waals surface area contributed by atoms with Crippen molar-refractivity contribution >= 4 is 40.6 Å². The van der Waals surface area contributed by atoms with Gasteiger partial charge in [0, 0.05) is 30.1 Å². The Morgan fingerprint density at radius 3 is 2.23 bits per heavy atom. The van der Waals surface area contributed by atoms with Crippen molar-refractivity contribution in [2.45, 2.75) is 45.7 Å². The SMILES string of the molecule is CC(C)Nc1nc2ncc(CNc3ccc(C(N)=O)cc3)nc2c(=O)[nH]1.O=C(O)CCCC(=O)O. The van der Waals surface area contributed by atoms with Crippen LogP contribution in [0.4, 0.5) is 11.6 Å². The maximum absolute atomic E-state index is 12.2. The molecule has 1 aromatic carbocycles. The number of benzene rings is 1. The second kappa shape index (κ2) is 12.6. The summed E-state index contributed by atoms with van der Waals surface area (Å²) in [6, 6.07) is 6.89. The maximum atomic E-state index is 12.2. The fourth-order valence-corrected chi connectivity index (χ4v) is 2.72. The Balaban J connectivity index is 0.000000410. The molecule has 7 N–H and O–H groups in total. The Bertz CT molecular complexity index is 1230. The second-order valence-electron chi connectivity index (χ2n) is 7.68. The first-order chi connectivity index (χ1) is 16.5. The molecular weight excluding hydrogens is 458 g/mol. The summed E-state index contributed by atoms with van der Waals surface area (Å²) in [6.45, 7) is 4.26. The van der Waals surface area contributed by atoms with Crippen LogP contribution in [0.5, 0.6) is 0 Å². The van der Waals surface area contributed by atoms with Crippen molar-refractivity contribution in [3.8, 4) is 0 Å². The van der Waals surface area contributed by atoms with Crippen molar-refractivity contribution in [2.75, 3.05) is 10.6 Å². The summed E-state index contributed by atoms with van der Waals surface area (Å²) in [4.78, 5) is 58.3. The van der Waals surface area contributed by atoms with Crippen molar-refractivity contribution in [3.63, 3.8) is 0 Å². The molecule has 35 heavy (non-hydrogen) atoms. The first-order valence-electron chi connectivity index (χ1n) is 10.6. The monoisotopic (exact) mass is 485 g/mol. The van der Waals surface area contributed by atoms with Gasteiger partial charge in [-0.2, -0.15) is 4.98 Å². The number of nitrogens with zero attached hydrogens (tertiary/aromatic N) is 3. The van der Waals surface area contributed by atoms with Crippen LogP contribution in [-0.4, -0.2) is 54.0 Å². The Hall–Kier alpha value is -4.55. The third kappa shape index (κ3) is 9.07. The predicted octanol–water partition coefficient (Wildman–Crippen LogP) is 1.57. The van der Waals surface area contributed by atoms with Crippen LogP contribution in [0.2, 0.25) is 0 Å². The fourth-order valence-electron chi connectivity index (χ4n) is 2.72. The van der Waals surface area contributed by atoms with Crippen molar-refractivity contribution in [3.05, 3.63) is 52.1 Å². The number of carbonyl (C=O) groups is 3. The van der Waals surface area contributed by atoms with Gasteiger partial charge in [-0.1, -0.05) is 0 Å². The number of hydrogen-bond donors (Lipinski definition) is 6. The van der Waals surface area contributed by atoms with Crippen LogP contribution < -0.4 is 21.9 Å². The van der Waals surface area contributed by atoms with Gasteiger partial charge < -0.3 is 26.6 Å². The molecule has 0 spiro atoms. The Kier molecular flexibility index (Phi) is 9.63. The highest BCUT2D eigenvalue weighted by atomic mass is 16.4. The van der Waals surface area contributed by atoms with E-state index < -0.39 is 17.8 Å². The largest absolute Gasteiger partial charge is 0.481 e. The molecule has 186 valence electrons. The van der Waals surface area contributed by atoms with E-state index in [-0.39, 0.29) is 42.0 Å². The number of aliphatic carboxylic acids is 2. The van der Waals surface area contributed by atoms with Gasteiger partial charge in [0.25, 0.3) is 5.56 Å². The molecule has 0 atom stereocenters. The summed E-state index contributed by atoms with van der Waals surface area (Å²) in [5.74, 6) is -2.00. The van der Waals surface area contributed by atoms with Crippen molar-refractivity contribution in [2.24, 2.45) is 5.73 Å². The smallest absolute Gasteiger partial charge is 0.303 e. The summed E-state index contributed by atoms with van der Waals surface area (Å²) >= 11 is 0. The number of fused-ring (bicyclic) bond motifs is 1. The molecule has 0 fully saturated rings. The van der Waals surface area contributed by atoms with Gasteiger partial charge in [0.2, 0.25) is 11.9 Å². The van der Waals surface area contributed by atoms with E-state index in [1.165, 1.54) is 0 Å². The highest BCUT2D eigenvalue weighted by molar-refractivity contribution is 5.93. The van der Waals surface area contributed by atoms with Crippen LogP contribution in [0.15, 0.2) is 35.3 Å². The van der Waals surface area contributed by atoms with E-state index in [9.17, 15) is 19.2 Å². The zero-order chi connectivity index (χ0) is 26.0. The highest BCUT2D eigenvalue weighted by Crippen LogP contribution is 2.11. The molecule has 0 saturated heterocycles. The summed E-state index contributed by atoms with van der Waals surface area (Å²) in [5.41, 5.74) is 7.15. The number of aromatic nitrogens is 4. The minimum atomic E-state index is -0.948. The number of anilines is 2. The summed E-state index contributed by atoms with van der Waals surface area (Å²) in [5, 5.41) is 22.2. The molecular formula is C22H27N7O6. The number of H-pyrrole nitrogens is 1. The Labute approximate surface area is 199 Å². The standard InChI is InChI=1S/C17H19N7O2.C5H8O4/c1-9(2)21-17-23-15-13(16(26)24-17)22-12(8-20-15)7-19-11-5-3-10(4-6-11)14(18)25;6-4(7)2-1-3-5(8)9/h3-6,8-9,19H,7H2,1-2H3,(H2,18,25)(H2,20,21,23,24,26);1-3H2,(H,6,7)(H,8,9). The number of amides is 1. The first-order valence-corrected chi connectivity index (χ1v) is 10.6. The molecule has 2 heterocycles. The van der Waals surface area contributed by atoms with Crippen LogP contribution in [0.3, 0.4) is 0 Å². The zero-order valence-electron chi connectivity index (χ0n) is 19.2. The number of aromatic amines is 1. The predicted molar refractivity (Wildman–Crippen MR) is 128 cm³/mol. The number of carboxylic acid groups (broad SMARTS) is 2. The van der Waals surface area contributed by atoms with Crippen molar-refractivity contribution in [1.82, 2.24) is 19.9 Å². The van der Waals surface area contributed by atoms with Crippen LogP contribution >= 0.6 is 0 Å². The topological polar surface area (TPSA) is 213 Å². The van der Waals surface area contributed by atoms with Gasteiger partial charge in [0.05, 0.1) is 18.4 Å². The molecule has 2 aromatic heterocycles. The molecule has 0 aliphatic carbocycles. The van der Waals surface area contributed by atoms with Gasteiger partial charge >= 0.3 is 11.9 Å². The number of carbonyl (C=O) groups excluding carboxylic acids is 1. The van der Waals surface area contributed by atoms with Crippen LogP contribution in [0.1, 0.15) is 49.2 Å². The number of nitrogens with one attached hydrogen (secondary N) is 3. The van der Waals surface area contributed by atoms with E-state index in [0.29, 0.717) is 23.8 Å².